The van der Waals surface area contributed by atoms with Gasteiger partial charge in [-0.15, -0.1) is 11.8 Å². The van der Waals surface area contributed by atoms with E-state index < -0.39 is 0 Å². The summed E-state index contributed by atoms with van der Waals surface area (Å²) in [7, 11) is 0. The zero-order valence-electron chi connectivity index (χ0n) is 25.0. The van der Waals surface area contributed by atoms with Gasteiger partial charge in [0.2, 0.25) is 0 Å². The number of benzene rings is 3. The number of aromatic nitrogens is 1. The minimum atomic E-state index is 0. The van der Waals surface area contributed by atoms with E-state index >= 15 is 0 Å². The first-order chi connectivity index (χ1) is 21.7. The van der Waals surface area contributed by atoms with Crippen LogP contribution in [-0.2, 0) is 23.5 Å². The number of hydrogen-bond donors (Lipinski definition) is 0. The topological polar surface area (TPSA) is 12.9 Å². The molecule has 0 aliphatic heterocycles. The van der Waals surface area contributed by atoms with Crippen molar-refractivity contribution >= 4 is 11.8 Å². The van der Waals surface area contributed by atoms with Gasteiger partial charge in [-0.2, -0.15) is 0 Å². The van der Waals surface area contributed by atoms with Crippen LogP contribution in [0.2, 0.25) is 0 Å². The van der Waals surface area contributed by atoms with Crippen LogP contribution in [0.5, 0.6) is 0 Å². The van der Waals surface area contributed by atoms with Crippen molar-refractivity contribution in [2.75, 3.05) is 5.75 Å². The van der Waals surface area contributed by atoms with E-state index in [0.717, 1.165) is 51.5 Å². The van der Waals surface area contributed by atoms with E-state index in [2.05, 4.69) is 96.0 Å². The summed E-state index contributed by atoms with van der Waals surface area (Å²) in [5.41, 5.74) is 7.39. The summed E-state index contributed by atoms with van der Waals surface area (Å²) in [5, 5.41) is 0. The average molecular weight is 638 g/mol. The van der Waals surface area contributed by atoms with Crippen molar-refractivity contribution in [2.24, 2.45) is 0 Å². The van der Waals surface area contributed by atoms with Crippen LogP contribution in [0.15, 0.2) is 96.2 Å². The molecule has 0 atom stereocenters. The fourth-order valence-corrected chi connectivity index (χ4v) is 5.10. The Kier molecular flexibility index (Phi) is 14.5. The second-order valence-electron chi connectivity index (χ2n) is 9.97. The maximum atomic E-state index is 4.07. The van der Waals surface area contributed by atoms with Crippen LogP contribution in [0.1, 0.15) is 38.9 Å². The van der Waals surface area contributed by atoms with Gasteiger partial charge in [0.15, 0.2) is 0 Å². The monoisotopic (exact) mass is 637 g/mol. The van der Waals surface area contributed by atoms with Gasteiger partial charge in [0, 0.05) is 50.9 Å². The summed E-state index contributed by atoms with van der Waals surface area (Å²) in [5.74, 6) is 21.6. The van der Waals surface area contributed by atoms with Crippen LogP contribution in [-0.4, -0.2) is 10.7 Å². The van der Waals surface area contributed by atoms with Crippen LogP contribution < -0.4 is 0 Å². The van der Waals surface area contributed by atoms with E-state index in [1.54, 1.807) is 0 Å². The van der Waals surface area contributed by atoms with E-state index in [1.165, 1.54) is 10.5 Å². The molecule has 6 rings (SSSR count). The van der Waals surface area contributed by atoms with Crippen molar-refractivity contribution in [2.45, 2.75) is 18.2 Å². The van der Waals surface area contributed by atoms with Gasteiger partial charge < -0.3 is 0 Å². The molecule has 3 aromatic carbocycles. The molecule has 0 bridgehead atoms. The third-order valence-corrected chi connectivity index (χ3v) is 7.65. The first kappa shape index (κ1) is 34.2. The number of nitrogens with zero attached hydrogens (tertiary/aromatic N) is 1. The molecule has 2 fully saturated rings. The number of pyridine rings is 1. The second kappa shape index (κ2) is 19.0. The smallest absolute Gasteiger partial charge is 0.265 e. The van der Waals surface area contributed by atoms with Crippen molar-refractivity contribution < 1.29 is 17.1 Å². The molecule has 1 aromatic heterocycles. The third-order valence-electron chi connectivity index (χ3n) is 6.64. The molecule has 0 unspecified atom stereocenters. The van der Waals surface area contributed by atoms with Gasteiger partial charge in [0.25, 0.3) is 0 Å². The molecule has 4 aromatic rings. The Morgan fingerprint density at radius 1 is 0.556 bits per heavy atom. The van der Waals surface area contributed by atoms with Crippen LogP contribution in [0.25, 0.3) is 0 Å². The molecular weight excluding hydrogens is 606 g/mol. The predicted octanol–water partition coefficient (Wildman–Crippen LogP) is 8.30. The molecule has 0 spiro atoms. The summed E-state index contributed by atoms with van der Waals surface area (Å²) < 4.78 is 0. The summed E-state index contributed by atoms with van der Waals surface area (Å²) in [6, 6.07) is 26.9. The Balaban J connectivity index is 0.000000700. The van der Waals surface area contributed by atoms with Gasteiger partial charge in [0.05, 0.1) is 5.92 Å². The number of thioether (sulfide) groups is 1. The Labute approximate surface area is 285 Å². The molecule has 216 valence electrons. The Morgan fingerprint density at radius 3 is 1.67 bits per heavy atom. The summed E-state index contributed by atoms with van der Waals surface area (Å²) in [6.45, 7) is 2.08. The van der Waals surface area contributed by atoms with Gasteiger partial charge in [-0.3, -0.25) is 4.98 Å². The Morgan fingerprint density at radius 2 is 1.07 bits per heavy atom. The zero-order chi connectivity index (χ0) is 30.2. The van der Waals surface area contributed by atoms with Crippen molar-refractivity contribution in [3.05, 3.63) is 194 Å². The molecule has 10 radical (unpaired) electrons. The van der Waals surface area contributed by atoms with Crippen molar-refractivity contribution in [1.29, 1.82) is 0 Å². The first-order valence-electron chi connectivity index (χ1n) is 14.5. The van der Waals surface area contributed by atoms with Crippen molar-refractivity contribution in [1.82, 2.24) is 4.98 Å². The molecule has 2 saturated carbocycles. The number of aryl methyl sites for hydroxylation is 2. The first-order valence-corrected chi connectivity index (χ1v) is 15.5. The molecule has 1 heterocycles. The van der Waals surface area contributed by atoms with Gasteiger partial charge in [0.1, 0.15) is 0 Å². The van der Waals surface area contributed by atoms with E-state index in [0.29, 0.717) is 0 Å². The quantitative estimate of drug-likeness (QED) is 0.127. The van der Waals surface area contributed by atoms with Crippen molar-refractivity contribution in [3.63, 3.8) is 0 Å². The Hall–Kier alpha value is -3.64. The second-order valence-corrected chi connectivity index (χ2v) is 11.1. The largest absolute Gasteiger partial charge is 2.00 e. The predicted molar refractivity (Wildman–Crippen MR) is 184 cm³/mol. The summed E-state index contributed by atoms with van der Waals surface area (Å²) in [4.78, 5) is 5.33. The van der Waals surface area contributed by atoms with E-state index in [4.69, 9.17) is 0 Å². The van der Waals surface area contributed by atoms with Crippen LogP contribution >= 0.6 is 11.8 Å². The standard InChI is InChI=1S/C37H26NS.C5H5.Fe/c1-29-28-35(13-12-33-16-20-37(21-17-33)39-27-24-34-22-25-38-26-23-34)15-19-36(29)18-14-32-10-8-31(9-11-32)7-6-30-4-2-3-5-30;1-2-4-5-3-1;/h2-5,8-11,15-17,19-23,25-26,28H,24,27H2,1H3;1-5H;/q;;+2. The molecule has 2 aliphatic carbocycles. The molecule has 45 heavy (non-hydrogen) atoms. The minimum absolute atomic E-state index is 0. The normalized spacial score (nSPS) is 13.4. The average Bonchev–Trinajstić information content (AvgIpc) is 3.82. The van der Waals surface area contributed by atoms with Crippen LogP contribution in [0, 0.1) is 106 Å². The Bertz CT molecular complexity index is 1660. The fraction of sp³-hybridized carbons (Fsp3) is 0.0714. The summed E-state index contributed by atoms with van der Waals surface area (Å²) in [6.07, 6.45) is 22.7. The number of rotatable bonds is 4. The molecular formula is C42H31FeNS+2. The molecule has 1 nitrogen and oxygen atoms in total. The van der Waals surface area contributed by atoms with E-state index in [1.807, 2.05) is 112 Å². The molecule has 2 aliphatic rings. The van der Waals surface area contributed by atoms with Crippen LogP contribution in [0.3, 0.4) is 0 Å². The fourth-order valence-electron chi connectivity index (χ4n) is 4.20. The SMILES string of the molecule is Cc1cc(C#Cc2ccc(SCCc3ccncc3)cc2)ccc1C#Cc1ccc(C#C[C]2[CH][CH][CH][CH]2)cc1.[CH]1[CH][CH][CH][CH]1.[Fe+2]. The molecule has 3 heteroatoms. The maximum Gasteiger partial charge on any atom is 2.00 e. The van der Waals surface area contributed by atoms with E-state index in [9.17, 15) is 0 Å². The van der Waals surface area contributed by atoms with Gasteiger partial charge >= 0.3 is 17.1 Å². The third kappa shape index (κ3) is 12.0. The van der Waals surface area contributed by atoms with Crippen LogP contribution in [0.4, 0.5) is 0 Å². The molecule has 0 N–H and O–H groups in total. The molecule has 0 amide bonds. The van der Waals surface area contributed by atoms with Gasteiger partial charge in [-0.25, -0.2) is 0 Å². The van der Waals surface area contributed by atoms with Gasteiger partial charge in [-0.1, -0.05) is 35.5 Å². The van der Waals surface area contributed by atoms with Crippen molar-refractivity contribution in [3.8, 4) is 35.5 Å². The zero-order valence-corrected chi connectivity index (χ0v) is 26.9. The maximum absolute atomic E-state index is 4.07. The molecule has 0 saturated heterocycles. The minimum Gasteiger partial charge on any atom is -0.265 e. The summed E-state index contributed by atoms with van der Waals surface area (Å²) >= 11 is 1.86. The number of hydrogen-bond acceptors (Lipinski definition) is 2. The van der Waals surface area contributed by atoms with E-state index in [-0.39, 0.29) is 17.1 Å². The van der Waals surface area contributed by atoms with Gasteiger partial charge in [-0.05, 0) is 161 Å².